The summed E-state index contributed by atoms with van der Waals surface area (Å²) in [5, 5.41) is 9.22. The Kier molecular flexibility index (Phi) is 9.76. The molecule has 0 radical (unpaired) electrons. The first-order valence-corrected chi connectivity index (χ1v) is 10.7. The van der Waals surface area contributed by atoms with Gasteiger partial charge in [-0.15, -0.1) is 10.1 Å². The fraction of sp³-hybridized carbons (Fsp3) is 0.524. The lowest BCUT2D eigenvalue weighted by Gasteiger charge is -2.30. The molecule has 11 nitrogen and oxygen atoms in total. The molecule has 0 fully saturated rings. The molecule has 0 amide bonds. The molecule has 1 aromatic rings. The average Bonchev–Trinajstić information content (AvgIpc) is 2.75. The number of alkyl halides is 3. The molecule has 1 aromatic carbocycles. The Bertz CT molecular complexity index is 1010. The van der Waals surface area contributed by atoms with E-state index in [9.17, 15) is 32.9 Å². The van der Waals surface area contributed by atoms with Crippen molar-refractivity contribution in [3.63, 3.8) is 0 Å². The summed E-state index contributed by atoms with van der Waals surface area (Å²) in [6, 6.07) is 2.78. The van der Waals surface area contributed by atoms with Gasteiger partial charge in [0.15, 0.2) is 0 Å². The third kappa shape index (κ3) is 8.45. The maximum atomic E-state index is 13.6. The fourth-order valence-corrected chi connectivity index (χ4v) is 3.37. The summed E-state index contributed by atoms with van der Waals surface area (Å²) in [4.78, 5) is 37.8. The number of hydrogen-bond acceptors (Lipinski definition) is 10. The van der Waals surface area contributed by atoms with Crippen molar-refractivity contribution in [3.05, 3.63) is 44.0 Å². The molecular weight excluding hydrogens is 519 g/mol. The summed E-state index contributed by atoms with van der Waals surface area (Å²) in [6.45, 7) is 3.54. The third-order valence-corrected chi connectivity index (χ3v) is 4.83. The highest BCUT2D eigenvalue weighted by atomic mass is 35.5. The monoisotopic (exact) mass is 541 g/mol. The van der Waals surface area contributed by atoms with Crippen molar-refractivity contribution in [2.24, 2.45) is 0 Å². The van der Waals surface area contributed by atoms with Gasteiger partial charge in [0.1, 0.15) is 19.0 Å². The minimum absolute atomic E-state index is 0.102. The number of rotatable bonds is 10. The number of nitrogens with zero attached hydrogens (tertiary/aromatic N) is 1. The van der Waals surface area contributed by atoms with E-state index in [-0.39, 0.29) is 42.8 Å². The Labute approximate surface area is 208 Å². The second-order valence-corrected chi connectivity index (χ2v) is 8.63. The number of ether oxygens (including phenoxy) is 5. The SMILES string of the molecule is CC(C)(C)c1cc2c(cc1Cl)C=C(C(=O)OCOC(=O)OCCOCCO[N+](=O)[O-])[C@@H](C(F)(F)F)O2. The van der Waals surface area contributed by atoms with Gasteiger partial charge in [-0.1, -0.05) is 32.4 Å². The van der Waals surface area contributed by atoms with Crippen molar-refractivity contribution in [2.45, 2.75) is 38.5 Å². The van der Waals surface area contributed by atoms with Crippen LogP contribution in [0, 0.1) is 10.1 Å². The van der Waals surface area contributed by atoms with E-state index >= 15 is 0 Å². The highest BCUT2D eigenvalue weighted by Crippen LogP contribution is 2.42. The molecule has 36 heavy (non-hydrogen) atoms. The first kappa shape index (κ1) is 29.0. The largest absolute Gasteiger partial charge is 0.511 e. The number of halogens is 4. The van der Waals surface area contributed by atoms with Crippen molar-refractivity contribution in [1.82, 2.24) is 0 Å². The van der Waals surface area contributed by atoms with Gasteiger partial charge in [-0.3, -0.25) is 0 Å². The Morgan fingerprint density at radius 1 is 1.08 bits per heavy atom. The molecule has 0 aliphatic carbocycles. The molecule has 2 rings (SSSR count). The summed E-state index contributed by atoms with van der Waals surface area (Å²) in [6.07, 6.45) is -7.90. The van der Waals surface area contributed by atoms with Crippen LogP contribution in [0.25, 0.3) is 6.08 Å². The molecule has 1 aliphatic heterocycles. The van der Waals surface area contributed by atoms with Gasteiger partial charge in [-0.2, -0.15) is 13.2 Å². The molecule has 0 saturated carbocycles. The zero-order valence-corrected chi connectivity index (χ0v) is 20.1. The van der Waals surface area contributed by atoms with Gasteiger partial charge in [-0.05, 0) is 29.2 Å². The molecule has 1 heterocycles. The molecule has 200 valence electrons. The molecule has 0 bridgehead atoms. The highest BCUT2D eigenvalue weighted by molar-refractivity contribution is 6.31. The predicted molar refractivity (Wildman–Crippen MR) is 116 cm³/mol. The van der Waals surface area contributed by atoms with Gasteiger partial charge in [0.2, 0.25) is 12.9 Å². The molecule has 15 heteroatoms. The lowest BCUT2D eigenvalue weighted by Crippen LogP contribution is -2.41. The van der Waals surface area contributed by atoms with E-state index in [1.807, 2.05) is 20.8 Å². The minimum Gasteiger partial charge on any atom is -0.475 e. The first-order chi connectivity index (χ1) is 16.7. The lowest BCUT2D eigenvalue weighted by molar-refractivity contribution is -0.758. The van der Waals surface area contributed by atoms with Crippen LogP contribution in [0.2, 0.25) is 5.02 Å². The van der Waals surface area contributed by atoms with E-state index in [2.05, 4.69) is 19.0 Å². The fourth-order valence-electron chi connectivity index (χ4n) is 2.91. The predicted octanol–water partition coefficient (Wildman–Crippen LogP) is 4.22. The Hall–Kier alpha value is -3.26. The maximum Gasteiger partial charge on any atom is 0.511 e. The standard InChI is InChI=1S/C21H23ClF3NO10/c1-20(2,3)14-10-16-12(9-15(14)22)8-13(17(36-16)21(23,24)25)18(27)33-11-34-19(28)32-6-4-31-5-7-35-26(29)30/h8-10,17H,4-7,11H2,1-3H3/t17-/m0/s1. The zero-order chi connectivity index (χ0) is 27.1. The second-order valence-electron chi connectivity index (χ2n) is 8.22. The topological polar surface area (TPSA) is 133 Å². The van der Waals surface area contributed by atoms with Crippen molar-refractivity contribution in [3.8, 4) is 5.75 Å². The van der Waals surface area contributed by atoms with Crippen LogP contribution in [0.5, 0.6) is 5.75 Å². The van der Waals surface area contributed by atoms with Gasteiger partial charge >= 0.3 is 18.3 Å². The van der Waals surface area contributed by atoms with Gasteiger partial charge in [0, 0.05) is 10.6 Å². The van der Waals surface area contributed by atoms with Crippen LogP contribution in [0.4, 0.5) is 18.0 Å². The molecular formula is C21H23ClF3NO10. The number of hydrogen-bond donors (Lipinski definition) is 0. The van der Waals surface area contributed by atoms with Crippen LogP contribution in [-0.2, 0) is 34.0 Å². The maximum absolute atomic E-state index is 13.6. The van der Waals surface area contributed by atoms with E-state index in [1.165, 1.54) is 12.1 Å². The van der Waals surface area contributed by atoms with E-state index in [0.29, 0.717) is 5.56 Å². The van der Waals surface area contributed by atoms with E-state index in [1.54, 1.807) is 0 Å². The van der Waals surface area contributed by atoms with Crippen LogP contribution < -0.4 is 4.74 Å². The molecule has 0 N–H and O–H groups in total. The van der Waals surface area contributed by atoms with Crippen LogP contribution in [-0.4, -0.2) is 62.7 Å². The summed E-state index contributed by atoms with van der Waals surface area (Å²) in [5.41, 5.74) is -0.637. The Morgan fingerprint density at radius 3 is 2.36 bits per heavy atom. The number of carbonyl (C=O) groups excluding carboxylic acids is 2. The van der Waals surface area contributed by atoms with Crippen LogP contribution in [0.1, 0.15) is 31.9 Å². The van der Waals surface area contributed by atoms with Crippen LogP contribution >= 0.6 is 11.6 Å². The van der Waals surface area contributed by atoms with Crippen molar-refractivity contribution < 1.29 is 56.4 Å². The normalized spacial score (nSPS) is 15.2. The summed E-state index contributed by atoms with van der Waals surface area (Å²) >= 11 is 6.27. The first-order valence-electron chi connectivity index (χ1n) is 10.3. The highest BCUT2D eigenvalue weighted by Gasteiger charge is 2.49. The quantitative estimate of drug-likeness (QED) is 0.139. The number of esters is 1. The van der Waals surface area contributed by atoms with Gasteiger partial charge in [0.05, 0.1) is 18.8 Å². The van der Waals surface area contributed by atoms with E-state index in [4.69, 9.17) is 21.1 Å². The van der Waals surface area contributed by atoms with Gasteiger partial charge in [0.25, 0.3) is 5.09 Å². The average molecular weight is 542 g/mol. The molecule has 0 saturated heterocycles. The van der Waals surface area contributed by atoms with Crippen LogP contribution in [0.3, 0.4) is 0 Å². The van der Waals surface area contributed by atoms with Crippen LogP contribution in [0.15, 0.2) is 17.7 Å². The smallest absolute Gasteiger partial charge is 0.475 e. The third-order valence-electron chi connectivity index (χ3n) is 4.52. The van der Waals surface area contributed by atoms with Gasteiger partial charge in [-0.25, -0.2) is 9.59 Å². The van der Waals surface area contributed by atoms with Gasteiger partial charge < -0.3 is 28.5 Å². The van der Waals surface area contributed by atoms with Crippen molar-refractivity contribution in [2.75, 3.05) is 33.2 Å². The van der Waals surface area contributed by atoms with E-state index < -0.39 is 47.3 Å². The Morgan fingerprint density at radius 2 is 1.75 bits per heavy atom. The second kappa shape index (κ2) is 12.1. The number of fused-ring (bicyclic) bond motifs is 1. The summed E-state index contributed by atoms with van der Waals surface area (Å²) < 4.78 is 64.6. The summed E-state index contributed by atoms with van der Waals surface area (Å²) in [5.74, 6) is -1.53. The zero-order valence-electron chi connectivity index (χ0n) is 19.4. The number of carbonyl (C=O) groups is 2. The number of benzene rings is 1. The molecule has 0 spiro atoms. The molecule has 1 aliphatic rings. The molecule has 1 atom stereocenters. The minimum atomic E-state index is -4.95. The van der Waals surface area contributed by atoms with E-state index in [0.717, 1.165) is 6.08 Å². The lowest BCUT2D eigenvalue weighted by atomic mass is 9.85. The summed E-state index contributed by atoms with van der Waals surface area (Å²) in [7, 11) is 0. The molecule has 0 unspecified atom stereocenters. The van der Waals surface area contributed by atoms with Crippen molar-refractivity contribution >= 4 is 29.8 Å². The molecule has 0 aromatic heterocycles. The Balaban J connectivity index is 1.95. The van der Waals surface area contributed by atoms with Crippen molar-refractivity contribution in [1.29, 1.82) is 0 Å².